The number of carbonyl (C=O) groups excluding carboxylic acids is 2. The van der Waals surface area contributed by atoms with Gasteiger partial charge >= 0.3 is 0 Å². The first-order chi connectivity index (χ1) is 12.1. The summed E-state index contributed by atoms with van der Waals surface area (Å²) in [5.41, 5.74) is 5.17. The standard InChI is InChI=1S/C23H16O2/c1-15-6-2-3-7-17(15)12-10-16-11-13-20-21(14-16)23(25)19-9-5-4-8-18(19)22(20)24/h2-14H,1H3/b12-10+. The Morgan fingerprint density at radius 1 is 0.640 bits per heavy atom. The summed E-state index contributed by atoms with van der Waals surface area (Å²) in [7, 11) is 0. The maximum Gasteiger partial charge on any atom is 0.194 e. The second kappa shape index (κ2) is 5.99. The van der Waals surface area contributed by atoms with Crippen molar-refractivity contribution in [3.8, 4) is 0 Å². The second-order valence-electron chi connectivity index (χ2n) is 6.20. The number of hydrogen-bond donors (Lipinski definition) is 0. The minimum atomic E-state index is -0.0867. The van der Waals surface area contributed by atoms with E-state index in [4.69, 9.17) is 0 Å². The average Bonchev–Trinajstić information content (AvgIpc) is 2.65. The molecule has 0 unspecified atom stereocenters. The van der Waals surface area contributed by atoms with Gasteiger partial charge in [0.2, 0.25) is 0 Å². The van der Waals surface area contributed by atoms with E-state index < -0.39 is 0 Å². The Kier molecular flexibility index (Phi) is 3.66. The molecule has 0 amide bonds. The number of ketones is 2. The van der Waals surface area contributed by atoms with E-state index in [1.54, 1.807) is 36.4 Å². The lowest BCUT2D eigenvalue weighted by atomic mass is 9.83. The Labute approximate surface area is 146 Å². The van der Waals surface area contributed by atoms with Crippen LogP contribution in [0.25, 0.3) is 12.2 Å². The molecule has 2 heteroatoms. The summed E-state index contributed by atoms with van der Waals surface area (Å²) in [4.78, 5) is 25.4. The van der Waals surface area contributed by atoms with Crippen molar-refractivity contribution in [2.75, 3.05) is 0 Å². The van der Waals surface area contributed by atoms with E-state index in [2.05, 4.69) is 19.1 Å². The molecular formula is C23H16O2. The maximum absolute atomic E-state index is 12.8. The molecule has 0 spiro atoms. The molecule has 0 aliphatic heterocycles. The monoisotopic (exact) mass is 324 g/mol. The molecule has 3 aromatic rings. The first-order valence-electron chi connectivity index (χ1n) is 8.21. The van der Waals surface area contributed by atoms with Gasteiger partial charge in [-0.2, -0.15) is 0 Å². The topological polar surface area (TPSA) is 34.1 Å². The molecule has 1 aliphatic carbocycles. The van der Waals surface area contributed by atoms with Gasteiger partial charge in [-0.05, 0) is 35.7 Å². The predicted octanol–water partition coefficient (Wildman–Crippen LogP) is 4.94. The molecule has 0 bridgehead atoms. The Balaban J connectivity index is 1.75. The van der Waals surface area contributed by atoms with Crippen LogP contribution in [0.4, 0.5) is 0 Å². The van der Waals surface area contributed by atoms with Gasteiger partial charge in [-0.15, -0.1) is 0 Å². The zero-order chi connectivity index (χ0) is 17.4. The summed E-state index contributed by atoms with van der Waals surface area (Å²) in [6.45, 7) is 2.06. The van der Waals surface area contributed by atoms with E-state index in [1.165, 1.54) is 5.56 Å². The van der Waals surface area contributed by atoms with E-state index in [0.717, 1.165) is 11.1 Å². The Hall–Kier alpha value is -3.26. The molecule has 4 rings (SSSR count). The highest BCUT2D eigenvalue weighted by Crippen LogP contribution is 2.28. The number of aryl methyl sites for hydroxylation is 1. The minimum absolute atomic E-state index is 0.0837. The van der Waals surface area contributed by atoms with E-state index >= 15 is 0 Å². The van der Waals surface area contributed by atoms with E-state index in [0.29, 0.717) is 22.3 Å². The average molecular weight is 324 g/mol. The summed E-state index contributed by atoms with van der Waals surface area (Å²) in [6, 6.07) is 20.6. The van der Waals surface area contributed by atoms with Crippen LogP contribution in [0.2, 0.25) is 0 Å². The highest BCUT2D eigenvalue weighted by molar-refractivity contribution is 6.28. The molecule has 0 saturated carbocycles. The van der Waals surface area contributed by atoms with Crippen molar-refractivity contribution in [1.29, 1.82) is 0 Å². The Morgan fingerprint density at radius 3 is 1.96 bits per heavy atom. The van der Waals surface area contributed by atoms with Gasteiger partial charge in [0, 0.05) is 22.3 Å². The van der Waals surface area contributed by atoms with Crippen LogP contribution in [0, 0.1) is 6.92 Å². The SMILES string of the molecule is Cc1ccccc1/C=C/c1ccc2c(c1)C(=O)c1ccccc1C2=O. The fourth-order valence-electron chi connectivity index (χ4n) is 3.18. The molecule has 0 fully saturated rings. The molecule has 2 nitrogen and oxygen atoms in total. The smallest absolute Gasteiger partial charge is 0.194 e. The molecule has 0 atom stereocenters. The fourth-order valence-corrected chi connectivity index (χ4v) is 3.18. The summed E-state index contributed by atoms with van der Waals surface area (Å²) in [5.74, 6) is -0.170. The van der Waals surface area contributed by atoms with Crippen LogP contribution in [0.1, 0.15) is 48.5 Å². The van der Waals surface area contributed by atoms with Gasteiger partial charge in [0.25, 0.3) is 0 Å². The van der Waals surface area contributed by atoms with Crippen molar-refractivity contribution in [3.63, 3.8) is 0 Å². The normalized spacial score (nSPS) is 13.0. The largest absolute Gasteiger partial charge is 0.289 e. The van der Waals surface area contributed by atoms with Gasteiger partial charge in [0.05, 0.1) is 0 Å². The maximum atomic E-state index is 12.8. The highest BCUT2D eigenvalue weighted by Gasteiger charge is 2.29. The first-order valence-corrected chi connectivity index (χ1v) is 8.21. The quantitative estimate of drug-likeness (QED) is 0.489. The van der Waals surface area contributed by atoms with Crippen molar-refractivity contribution in [3.05, 3.63) is 106 Å². The van der Waals surface area contributed by atoms with Gasteiger partial charge in [0.1, 0.15) is 0 Å². The number of carbonyl (C=O) groups is 2. The molecule has 0 radical (unpaired) electrons. The third kappa shape index (κ3) is 2.62. The number of rotatable bonds is 2. The lowest BCUT2D eigenvalue weighted by Gasteiger charge is -2.17. The van der Waals surface area contributed by atoms with E-state index in [-0.39, 0.29) is 11.6 Å². The minimum Gasteiger partial charge on any atom is -0.289 e. The summed E-state index contributed by atoms with van der Waals surface area (Å²) in [5, 5.41) is 0. The Morgan fingerprint density at radius 2 is 1.24 bits per heavy atom. The molecule has 1 aliphatic rings. The molecule has 3 aromatic carbocycles. The van der Waals surface area contributed by atoms with Crippen LogP contribution < -0.4 is 0 Å². The van der Waals surface area contributed by atoms with Crippen LogP contribution in [0.3, 0.4) is 0 Å². The summed E-state index contributed by atoms with van der Waals surface area (Å²) < 4.78 is 0. The van der Waals surface area contributed by atoms with Gasteiger partial charge in [0.15, 0.2) is 11.6 Å². The van der Waals surface area contributed by atoms with Gasteiger partial charge in [-0.3, -0.25) is 9.59 Å². The van der Waals surface area contributed by atoms with Crippen molar-refractivity contribution < 1.29 is 9.59 Å². The van der Waals surface area contributed by atoms with Crippen LogP contribution in [0.15, 0.2) is 66.7 Å². The molecule has 0 saturated heterocycles. The third-order valence-electron chi connectivity index (χ3n) is 4.59. The zero-order valence-electron chi connectivity index (χ0n) is 13.8. The summed E-state index contributed by atoms with van der Waals surface area (Å²) in [6.07, 6.45) is 4.00. The van der Waals surface area contributed by atoms with E-state index in [9.17, 15) is 9.59 Å². The molecular weight excluding hydrogens is 308 g/mol. The molecule has 0 heterocycles. The van der Waals surface area contributed by atoms with Crippen molar-refractivity contribution >= 4 is 23.7 Å². The van der Waals surface area contributed by atoms with Crippen molar-refractivity contribution in [2.45, 2.75) is 6.92 Å². The molecule has 0 N–H and O–H groups in total. The lowest BCUT2D eigenvalue weighted by Crippen LogP contribution is -2.20. The number of benzene rings is 3. The van der Waals surface area contributed by atoms with Crippen LogP contribution in [0.5, 0.6) is 0 Å². The molecule has 25 heavy (non-hydrogen) atoms. The Bertz CT molecular complexity index is 1040. The van der Waals surface area contributed by atoms with Crippen molar-refractivity contribution in [1.82, 2.24) is 0 Å². The number of hydrogen-bond acceptors (Lipinski definition) is 2. The van der Waals surface area contributed by atoms with Gasteiger partial charge in [-0.1, -0.05) is 66.7 Å². The van der Waals surface area contributed by atoms with Crippen LogP contribution >= 0.6 is 0 Å². The van der Waals surface area contributed by atoms with E-state index in [1.807, 2.05) is 30.4 Å². The second-order valence-corrected chi connectivity index (χ2v) is 6.20. The van der Waals surface area contributed by atoms with Crippen molar-refractivity contribution in [2.24, 2.45) is 0 Å². The number of fused-ring (bicyclic) bond motifs is 2. The first kappa shape index (κ1) is 15.3. The fraction of sp³-hybridized carbons (Fsp3) is 0.0435. The van der Waals surface area contributed by atoms with Gasteiger partial charge in [-0.25, -0.2) is 0 Å². The third-order valence-corrected chi connectivity index (χ3v) is 4.59. The predicted molar refractivity (Wildman–Crippen MR) is 99.9 cm³/mol. The lowest BCUT2D eigenvalue weighted by molar-refractivity contribution is 0.0979. The zero-order valence-corrected chi connectivity index (χ0v) is 13.8. The van der Waals surface area contributed by atoms with Crippen LogP contribution in [-0.4, -0.2) is 11.6 Å². The highest BCUT2D eigenvalue weighted by atomic mass is 16.1. The van der Waals surface area contributed by atoms with Crippen LogP contribution in [-0.2, 0) is 0 Å². The molecule has 0 aromatic heterocycles. The molecule has 120 valence electrons. The van der Waals surface area contributed by atoms with Gasteiger partial charge < -0.3 is 0 Å². The summed E-state index contributed by atoms with van der Waals surface area (Å²) >= 11 is 0.